The monoisotopic (exact) mass is 473 g/mol. The van der Waals surface area contributed by atoms with Gasteiger partial charge in [0.2, 0.25) is 0 Å². The number of hydrogen-bond donors (Lipinski definition) is 1. The van der Waals surface area contributed by atoms with Crippen LogP contribution in [0.5, 0.6) is 5.75 Å². The number of tetrazole rings is 1. The van der Waals surface area contributed by atoms with Crippen LogP contribution >= 0.6 is 11.6 Å². The lowest BCUT2D eigenvalue weighted by atomic mass is 10.1. The summed E-state index contributed by atoms with van der Waals surface area (Å²) in [6, 6.07) is 15.8. The lowest BCUT2D eigenvalue weighted by molar-refractivity contribution is 0.306. The molecule has 0 fully saturated rings. The summed E-state index contributed by atoms with van der Waals surface area (Å²) in [6.07, 6.45) is 0.850. The number of nitrogens with zero attached hydrogens (tertiary/aromatic N) is 6. The van der Waals surface area contributed by atoms with Crippen molar-refractivity contribution in [1.82, 2.24) is 35.2 Å². The zero-order chi connectivity index (χ0) is 23.7. The molecule has 0 amide bonds. The van der Waals surface area contributed by atoms with E-state index >= 15 is 0 Å². The van der Waals surface area contributed by atoms with E-state index in [1.165, 1.54) is 0 Å². The minimum absolute atomic E-state index is 0.363. The summed E-state index contributed by atoms with van der Waals surface area (Å²) in [6.45, 7) is 7.30. The van der Waals surface area contributed by atoms with Crippen LogP contribution in [-0.4, -0.2) is 35.2 Å². The first kappa shape index (κ1) is 22.0. The molecule has 9 heteroatoms. The summed E-state index contributed by atoms with van der Waals surface area (Å²) in [5.41, 5.74) is 6.94. The summed E-state index contributed by atoms with van der Waals surface area (Å²) in [5, 5.41) is 14.4. The molecule has 0 aliphatic rings. The van der Waals surface area contributed by atoms with Crippen molar-refractivity contribution < 1.29 is 4.74 Å². The van der Waals surface area contributed by atoms with Crippen LogP contribution < -0.4 is 4.74 Å². The van der Waals surface area contributed by atoms with Gasteiger partial charge in [-0.05, 0) is 59.7 Å². The second-order valence-corrected chi connectivity index (χ2v) is 8.62. The zero-order valence-corrected chi connectivity index (χ0v) is 20.0. The number of aryl methyl sites for hydroxylation is 3. The van der Waals surface area contributed by atoms with Gasteiger partial charge in [-0.15, -0.1) is 5.10 Å². The molecule has 5 aromatic rings. The average Bonchev–Trinajstić information content (AvgIpc) is 3.48. The lowest BCUT2D eigenvalue weighted by Crippen LogP contribution is -2.06. The Labute approximate surface area is 202 Å². The van der Waals surface area contributed by atoms with Crippen molar-refractivity contribution in [2.75, 3.05) is 0 Å². The van der Waals surface area contributed by atoms with Crippen LogP contribution in [0.15, 0.2) is 48.5 Å². The maximum Gasteiger partial charge on any atom is 0.179 e. The summed E-state index contributed by atoms with van der Waals surface area (Å²) in [5.74, 6) is 2.39. The molecule has 0 unspecified atom stereocenters. The molecule has 8 nitrogen and oxygen atoms in total. The second-order valence-electron chi connectivity index (χ2n) is 8.21. The van der Waals surface area contributed by atoms with Crippen molar-refractivity contribution in [3.8, 4) is 17.1 Å². The number of rotatable bonds is 7. The van der Waals surface area contributed by atoms with E-state index in [0.29, 0.717) is 24.0 Å². The summed E-state index contributed by atoms with van der Waals surface area (Å²) in [4.78, 5) is 9.59. The Balaban J connectivity index is 1.30. The molecule has 34 heavy (non-hydrogen) atoms. The molecule has 0 bridgehead atoms. The van der Waals surface area contributed by atoms with Gasteiger partial charge in [0.25, 0.3) is 0 Å². The molecule has 5 rings (SSSR count). The largest absolute Gasteiger partial charge is 0.489 e. The highest BCUT2D eigenvalue weighted by Crippen LogP contribution is 2.25. The van der Waals surface area contributed by atoms with E-state index in [0.717, 1.165) is 57.1 Å². The van der Waals surface area contributed by atoms with Crippen molar-refractivity contribution in [3.63, 3.8) is 0 Å². The van der Waals surface area contributed by atoms with Crippen molar-refractivity contribution in [2.24, 2.45) is 0 Å². The first-order valence-corrected chi connectivity index (χ1v) is 11.5. The van der Waals surface area contributed by atoms with Crippen LogP contribution in [0.3, 0.4) is 0 Å². The lowest BCUT2D eigenvalue weighted by Gasteiger charge is -2.11. The molecule has 0 saturated carbocycles. The van der Waals surface area contributed by atoms with Crippen LogP contribution in [-0.2, 0) is 19.6 Å². The number of hydrogen-bond acceptors (Lipinski definition) is 6. The number of fused-ring (bicyclic) bond motifs is 1. The molecule has 2 aromatic carbocycles. The highest BCUT2D eigenvalue weighted by Gasteiger charge is 2.14. The number of halogens is 1. The summed E-state index contributed by atoms with van der Waals surface area (Å²) in [7, 11) is 0. The van der Waals surface area contributed by atoms with Gasteiger partial charge in [0.05, 0.1) is 6.54 Å². The molecule has 3 heterocycles. The number of aromatic amines is 1. The Morgan fingerprint density at radius 3 is 2.56 bits per heavy atom. The Hall–Kier alpha value is -3.78. The number of H-pyrrole nitrogens is 1. The predicted octanol–water partition coefficient (Wildman–Crippen LogP) is 5.07. The first-order chi connectivity index (χ1) is 16.5. The molecule has 1 N–H and O–H groups in total. The third-order valence-corrected chi connectivity index (χ3v) is 6.10. The smallest absolute Gasteiger partial charge is 0.179 e. The maximum absolute atomic E-state index is 6.44. The van der Waals surface area contributed by atoms with Gasteiger partial charge in [-0.2, -0.15) is 0 Å². The number of imidazole rings is 1. The Morgan fingerprint density at radius 1 is 1.03 bits per heavy atom. The van der Waals surface area contributed by atoms with Crippen molar-refractivity contribution in [2.45, 2.75) is 40.3 Å². The van der Waals surface area contributed by atoms with E-state index in [2.05, 4.69) is 57.2 Å². The average molecular weight is 474 g/mol. The van der Waals surface area contributed by atoms with Gasteiger partial charge < -0.3 is 9.30 Å². The first-order valence-electron chi connectivity index (χ1n) is 11.1. The quantitative estimate of drug-likeness (QED) is 0.354. The highest BCUT2D eigenvalue weighted by atomic mass is 35.5. The van der Waals surface area contributed by atoms with Gasteiger partial charge in [0, 0.05) is 28.3 Å². The van der Waals surface area contributed by atoms with Crippen LogP contribution in [0.25, 0.3) is 22.6 Å². The van der Waals surface area contributed by atoms with Gasteiger partial charge >= 0.3 is 0 Å². The maximum atomic E-state index is 6.44. The van der Waals surface area contributed by atoms with Gasteiger partial charge in [-0.3, -0.25) is 0 Å². The standard InChI is InChI=1S/C25H24ClN7O/c1-4-22-28-23-15(2)11-16(3)27-25(23)33(22)13-17-5-9-20(10-6-17)34-14-19-8-7-18(12-21(19)26)24-29-31-32-30-24/h5-12H,4,13-14H2,1-3H3,(H,29,30,31,32). The van der Waals surface area contributed by atoms with Crippen LogP contribution in [0.1, 0.15) is 35.1 Å². The predicted molar refractivity (Wildman–Crippen MR) is 131 cm³/mol. The number of aromatic nitrogens is 7. The molecule has 172 valence electrons. The number of pyridine rings is 1. The van der Waals surface area contributed by atoms with E-state index in [9.17, 15) is 0 Å². The number of benzene rings is 2. The number of ether oxygens (including phenoxy) is 1. The summed E-state index contributed by atoms with van der Waals surface area (Å²) < 4.78 is 8.18. The molecule has 0 aliphatic carbocycles. The van der Waals surface area contributed by atoms with Crippen LogP contribution in [0.2, 0.25) is 5.02 Å². The minimum atomic E-state index is 0.363. The Kier molecular flexibility index (Phi) is 5.98. The van der Waals surface area contributed by atoms with Gasteiger partial charge in [-0.1, -0.05) is 42.8 Å². The third kappa shape index (κ3) is 4.36. The fourth-order valence-corrected chi connectivity index (χ4v) is 4.25. The van der Waals surface area contributed by atoms with Crippen molar-refractivity contribution in [1.29, 1.82) is 0 Å². The van der Waals surface area contributed by atoms with Crippen molar-refractivity contribution in [3.05, 3.63) is 81.8 Å². The van der Waals surface area contributed by atoms with E-state index < -0.39 is 0 Å². The molecular formula is C25H24ClN7O. The van der Waals surface area contributed by atoms with E-state index in [4.69, 9.17) is 26.3 Å². The SMILES string of the molecule is CCc1nc2c(C)cc(C)nc2n1Cc1ccc(OCc2ccc(-c3nnn[nH]3)cc2Cl)cc1. The van der Waals surface area contributed by atoms with Gasteiger partial charge in [-0.25, -0.2) is 15.1 Å². The van der Waals surface area contributed by atoms with Crippen molar-refractivity contribution >= 4 is 22.8 Å². The Morgan fingerprint density at radius 2 is 1.85 bits per heavy atom. The highest BCUT2D eigenvalue weighted by molar-refractivity contribution is 6.31. The number of nitrogens with one attached hydrogen (secondary N) is 1. The van der Waals surface area contributed by atoms with Crippen LogP contribution in [0.4, 0.5) is 0 Å². The third-order valence-electron chi connectivity index (χ3n) is 5.75. The molecule has 0 atom stereocenters. The molecule has 0 aliphatic heterocycles. The fourth-order valence-electron chi connectivity index (χ4n) is 4.01. The fraction of sp³-hybridized carbons (Fsp3) is 0.240. The molecule has 0 saturated heterocycles. The summed E-state index contributed by atoms with van der Waals surface area (Å²) >= 11 is 6.44. The molecule has 0 radical (unpaired) electrons. The zero-order valence-electron chi connectivity index (χ0n) is 19.2. The van der Waals surface area contributed by atoms with E-state index in [1.54, 1.807) is 0 Å². The van der Waals surface area contributed by atoms with E-state index in [1.807, 2.05) is 37.3 Å². The minimum Gasteiger partial charge on any atom is -0.489 e. The molecule has 0 spiro atoms. The van der Waals surface area contributed by atoms with E-state index in [-0.39, 0.29) is 0 Å². The Bertz CT molecular complexity index is 1440. The molecule has 3 aromatic heterocycles. The van der Waals surface area contributed by atoms with Crippen LogP contribution in [0, 0.1) is 13.8 Å². The molecular weight excluding hydrogens is 450 g/mol. The topological polar surface area (TPSA) is 94.4 Å². The van der Waals surface area contributed by atoms with Gasteiger partial charge in [0.15, 0.2) is 11.5 Å². The van der Waals surface area contributed by atoms with Gasteiger partial charge in [0.1, 0.15) is 23.7 Å². The normalized spacial score (nSPS) is 11.3. The second kappa shape index (κ2) is 9.23.